The minimum atomic E-state index is -0.562. The van der Waals surface area contributed by atoms with E-state index in [0.29, 0.717) is 6.61 Å². The Morgan fingerprint density at radius 3 is 1.37 bits per heavy atom. The van der Waals surface area contributed by atoms with Crippen LogP contribution in [0.5, 0.6) is 0 Å². The van der Waals surface area contributed by atoms with Crippen LogP contribution < -0.4 is 10.7 Å². The van der Waals surface area contributed by atoms with Crippen molar-refractivity contribution in [2.45, 2.75) is 13.0 Å². The van der Waals surface area contributed by atoms with Crippen LogP contribution in [0.4, 0.5) is 0 Å². The number of rotatable bonds is 7. The summed E-state index contributed by atoms with van der Waals surface area (Å²) in [5, 5.41) is 2.09. The molecule has 1 atom stereocenters. The van der Waals surface area contributed by atoms with E-state index in [1.54, 1.807) is 0 Å². The SMILES string of the molecule is C1=CC2=C(c3ccccc3)c3ccc4n3C(OCc3ccccc3)n3c(ccc3=C4c3ccccc3)=C(c3ccccc3)C3=NC(=C(c4ccccc4)C1=N2)C=C3. The van der Waals surface area contributed by atoms with E-state index >= 15 is 0 Å². The third-order valence-corrected chi connectivity index (χ3v) is 11.1. The molecule has 0 saturated heterocycles. The topological polar surface area (TPSA) is 43.8 Å². The Bertz CT molecular complexity index is 3020. The Labute approximate surface area is 330 Å². The molecular formula is C52H36N4O. The highest BCUT2D eigenvalue weighted by atomic mass is 16.5. The Kier molecular flexibility index (Phi) is 7.97. The molecule has 0 amide bonds. The molecule has 11 rings (SSSR count). The molecule has 7 aromatic rings. The van der Waals surface area contributed by atoms with Crippen LogP contribution in [0.3, 0.4) is 0 Å². The van der Waals surface area contributed by atoms with Crippen molar-refractivity contribution in [2.75, 3.05) is 0 Å². The maximum atomic E-state index is 7.26. The lowest BCUT2D eigenvalue weighted by molar-refractivity contribution is -0.0360. The van der Waals surface area contributed by atoms with Gasteiger partial charge in [0.1, 0.15) is 0 Å². The number of allylic oxidation sites excluding steroid dienone is 5. The summed E-state index contributed by atoms with van der Waals surface area (Å²) >= 11 is 0. The zero-order chi connectivity index (χ0) is 37.7. The highest BCUT2D eigenvalue weighted by Gasteiger charge is 2.33. The molecule has 0 aliphatic carbocycles. The van der Waals surface area contributed by atoms with E-state index in [0.717, 1.165) is 95.0 Å². The number of aromatic nitrogens is 2. The first-order valence-electron chi connectivity index (χ1n) is 19.4. The molecule has 0 saturated carbocycles. The molecule has 0 fully saturated rings. The number of benzene rings is 5. The molecule has 5 aromatic carbocycles. The summed E-state index contributed by atoms with van der Waals surface area (Å²) < 4.78 is 12.0. The van der Waals surface area contributed by atoms with Crippen LogP contribution in [0.25, 0.3) is 22.3 Å². The van der Waals surface area contributed by atoms with Crippen LogP contribution in [0, 0.1) is 0 Å². The summed E-state index contributed by atoms with van der Waals surface area (Å²) in [5.74, 6) is 0. The fourth-order valence-corrected chi connectivity index (χ4v) is 8.61. The molecule has 0 radical (unpaired) electrons. The summed E-state index contributed by atoms with van der Waals surface area (Å²) in [5.41, 5.74) is 15.2. The molecule has 1 unspecified atom stereocenters. The van der Waals surface area contributed by atoms with Gasteiger partial charge in [-0.1, -0.05) is 152 Å². The van der Waals surface area contributed by atoms with Gasteiger partial charge in [0.2, 0.25) is 6.35 Å². The van der Waals surface area contributed by atoms with Crippen molar-refractivity contribution in [2.24, 2.45) is 9.98 Å². The van der Waals surface area contributed by atoms with Crippen LogP contribution in [0.2, 0.25) is 0 Å². The second-order valence-electron chi connectivity index (χ2n) is 14.5. The van der Waals surface area contributed by atoms with E-state index in [1.807, 2.05) is 6.07 Å². The van der Waals surface area contributed by atoms with E-state index in [2.05, 4.69) is 203 Å². The van der Waals surface area contributed by atoms with Gasteiger partial charge in [0, 0.05) is 22.3 Å². The summed E-state index contributed by atoms with van der Waals surface area (Å²) in [7, 11) is 0. The second-order valence-corrected chi connectivity index (χ2v) is 14.5. The van der Waals surface area contributed by atoms with Gasteiger partial charge in [-0.25, -0.2) is 9.98 Å². The summed E-state index contributed by atoms with van der Waals surface area (Å²) in [4.78, 5) is 11.0. The number of hydrogen-bond acceptors (Lipinski definition) is 3. The van der Waals surface area contributed by atoms with Crippen LogP contribution in [-0.2, 0) is 11.3 Å². The van der Waals surface area contributed by atoms with Crippen molar-refractivity contribution in [3.8, 4) is 0 Å². The third kappa shape index (κ3) is 5.59. The van der Waals surface area contributed by atoms with Gasteiger partial charge in [0.25, 0.3) is 0 Å². The van der Waals surface area contributed by atoms with Gasteiger partial charge in [0.15, 0.2) is 0 Å². The molecule has 6 bridgehead atoms. The summed E-state index contributed by atoms with van der Waals surface area (Å²) in [6, 6.07) is 61.9. The van der Waals surface area contributed by atoms with Crippen molar-refractivity contribution >= 4 is 33.7 Å². The lowest BCUT2D eigenvalue weighted by Crippen LogP contribution is -2.43. The first kappa shape index (κ1) is 33.0. The van der Waals surface area contributed by atoms with E-state index in [-0.39, 0.29) is 0 Å². The Morgan fingerprint density at radius 1 is 0.386 bits per heavy atom. The van der Waals surface area contributed by atoms with Gasteiger partial charge in [-0.05, 0) is 76.4 Å². The maximum Gasteiger partial charge on any atom is 0.219 e. The molecule has 2 aromatic heterocycles. The second kappa shape index (κ2) is 13.7. The Hall–Kier alpha value is -7.34. The first-order valence-corrected chi connectivity index (χ1v) is 19.4. The van der Waals surface area contributed by atoms with Crippen LogP contribution in [0.15, 0.2) is 222 Å². The van der Waals surface area contributed by atoms with E-state index in [1.165, 1.54) is 0 Å². The quantitative estimate of drug-likeness (QED) is 0.161. The molecule has 0 N–H and O–H groups in total. The molecule has 0 spiro atoms. The minimum Gasteiger partial charge on any atom is -0.335 e. The van der Waals surface area contributed by atoms with Gasteiger partial charge in [-0.15, -0.1) is 0 Å². The zero-order valence-corrected chi connectivity index (χ0v) is 31.0. The Morgan fingerprint density at radius 2 is 0.807 bits per heavy atom. The summed E-state index contributed by atoms with van der Waals surface area (Å²) in [6.45, 7) is 0.411. The largest absolute Gasteiger partial charge is 0.335 e. The maximum absolute atomic E-state index is 7.26. The van der Waals surface area contributed by atoms with Gasteiger partial charge >= 0.3 is 0 Å². The monoisotopic (exact) mass is 732 g/mol. The zero-order valence-electron chi connectivity index (χ0n) is 31.0. The van der Waals surface area contributed by atoms with Gasteiger partial charge < -0.3 is 4.74 Å². The van der Waals surface area contributed by atoms with E-state index in [4.69, 9.17) is 14.7 Å². The summed E-state index contributed by atoms with van der Waals surface area (Å²) in [6.07, 6.45) is 8.03. The lowest BCUT2D eigenvalue weighted by Gasteiger charge is -2.32. The average Bonchev–Trinajstić information content (AvgIpc) is 4.11. The smallest absolute Gasteiger partial charge is 0.219 e. The molecule has 6 heterocycles. The van der Waals surface area contributed by atoms with Gasteiger partial charge in [-0.3, -0.25) is 9.13 Å². The van der Waals surface area contributed by atoms with Crippen molar-refractivity contribution in [1.29, 1.82) is 0 Å². The normalized spacial score (nSPS) is 16.6. The van der Waals surface area contributed by atoms with Crippen molar-refractivity contribution < 1.29 is 4.74 Å². The van der Waals surface area contributed by atoms with Crippen molar-refractivity contribution in [3.05, 3.63) is 262 Å². The van der Waals surface area contributed by atoms with Crippen LogP contribution in [-0.4, -0.2) is 20.6 Å². The van der Waals surface area contributed by atoms with Gasteiger partial charge in [0.05, 0.1) is 51.5 Å². The highest BCUT2D eigenvalue weighted by Crippen LogP contribution is 2.40. The molecule has 270 valence electrons. The van der Waals surface area contributed by atoms with Crippen LogP contribution in [0.1, 0.15) is 45.6 Å². The predicted molar refractivity (Wildman–Crippen MR) is 230 cm³/mol. The number of nitrogens with zero attached hydrogens (tertiary/aromatic N) is 4. The molecule has 57 heavy (non-hydrogen) atoms. The standard InChI is InChI=1S/C52H36N4O/c1-6-16-35(17-7-1)34-57-52-55-44-30-32-46(55)51(39-24-14-5-15-25-39)47-33-31-45(56(47)52)50(38-22-12-4-13-23-38)43-29-27-41(54-43)48(36-18-8-2-9-19-36)40-26-28-42(53-40)49(44)37-20-10-3-11-21-37/h1-33,52H,34H2. The van der Waals surface area contributed by atoms with Crippen molar-refractivity contribution in [1.82, 2.24) is 9.13 Å². The van der Waals surface area contributed by atoms with Crippen LogP contribution >= 0.6 is 0 Å². The number of aliphatic imine (C=N–C) groups is 2. The van der Waals surface area contributed by atoms with Gasteiger partial charge in [-0.2, -0.15) is 0 Å². The number of hydrogen-bond donors (Lipinski definition) is 0. The number of ether oxygens (including phenoxy) is 1. The minimum absolute atomic E-state index is 0.411. The van der Waals surface area contributed by atoms with Crippen molar-refractivity contribution in [3.63, 3.8) is 0 Å². The average molecular weight is 733 g/mol. The third-order valence-electron chi connectivity index (χ3n) is 11.1. The molecule has 4 aliphatic heterocycles. The fourth-order valence-electron chi connectivity index (χ4n) is 8.61. The lowest BCUT2D eigenvalue weighted by atomic mass is 9.99. The fraction of sp³-hybridized carbons (Fsp3) is 0.0385. The first-order chi connectivity index (χ1) is 28.3. The number of fused-ring (bicyclic) bond motifs is 2. The molecule has 5 nitrogen and oxygen atoms in total. The molecule has 5 heteroatoms. The highest BCUT2D eigenvalue weighted by molar-refractivity contribution is 6.35. The van der Waals surface area contributed by atoms with E-state index < -0.39 is 6.35 Å². The predicted octanol–water partition coefficient (Wildman–Crippen LogP) is 9.48. The Balaban J connectivity index is 1.32. The molecule has 4 aliphatic rings. The van der Waals surface area contributed by atoms with E-state index in [9.17, 15) is 0 Å². The molecular weight excluding hydrogens is 697 g/mol.